The van der Waals surface area contributed by atoms with E-state index in [4.69, 9.17) is 0 Å². The molecular formula is C17H26FNS. The van der Waals surface area contributed by atoms with E-state index in [0.29, 0.717) is 6.04 Å². The number of hydrogen-bond donors (Lipinski definition) is 1. The van der Waals surface area contributed by atoms with Gasteiger partial charge in [-0.05, 0) is 56.0 Å². The second-order valence-electron chi connectivity index (χ2n) is 5.77. The van der Waals surface area contributed by atoms with E-state index >= 15 is 0 Å². The maximum absolute atomic E-state index is 13.4. The lowest BCUT2D eigenvalue weighted by molar-refractivity contribution is 0.566. The molecule has 1 nitrogen and oxygen atoms in total. The molecule has 1 saturated carbocycles. The Hall–Kier alpha value is -0.540. The van der Waals surface area contributed by atoms with Crippen LogP contribution in [0.1, 0.15) is 43.7 Å². The van der Waals surface area contributed by atoms with E-state index in [1.807, 2.05) is 6.07 Å². The maximum atomic E-state index is 13.4. The van der Waals surface area contributed by atoms with E-state index in [1.165, 1.54) is 31.2 Å². The summed E-state index contributed by atoms with van der Waals surface area (Å²) in [6.45, 7) is 5.19. The standard InChI is InChI=1S/C17H26FNS/c1-3-19-16(12-20-17-6-4-5-7-17)11-14-10-15(18)9-8-13(14)2/h8-10,16-17,19H,3-7,11-12H2,1-2H3. The Kier molecular flexibility index (Phi) is 6.37. The smallest absolute Gasteiger partial charge is 0.123 e. The Labute approximate surface area is 126 Å². The first-order chi connectivity index (χ1) is 9.69. The minimum atomic E-state index is -0.121. The lowest BCUT2D eigenvalue weighted by Crippen LogP contribution is -2.34. The molecule has 0 aliphatic heterocycles. The summed E-state index contributed by atoms with van der Waals surface area (Å²) in [6.07, 6.45) is 6.47. The van der Waals surface area contributed by atoms with Crippen LogP contribution < -0.4 is 5.32 Å². The Bertz CT molecular complexity index is 415. The van der Waals surface area contributed by atoms with Crippen molar-refractivity contribution in [2.45, 2.75) is 57.2 Å². The number of benzene rings is 1. The first-order valence-electron chi connectivity index (χ1n) is 7.79. The van der Waals surface area contributed by atoms with Crippen LogP contribution in [0, 0.1) is 12.7 Å². The minimum Gasteiger partial charge on any atom is -0.313 e. The Morgan fingerprint density at radius 1 is 1.35 bits per heavy atom. The van der Waals surface area contributed by atoms with Crippen molar-refractivity contribution >= 4 is 11.8 Å². The molecule has 1 aliphatic rings. The van der Waals surface area contributed by atoms with Crippen molar-refractivity contribution in [2.24, 2.45) is 0 Å². The molecule has 1 aliphatic carbocycles. The van der Waals surface area contributed by atoms with Crippen LogP contribution >= 0.6 is 11.8 Å². The van der Waals surface area contributed by atoms with Crippen molar-refractivity contribution in [1.29, 1.82) is 0 Å². The Morgan fingerprint density at radius 3 is 2.80 bits per heavy atom. The molecule has 112 valence electrons. The van der Waals surface area contributed by atoms with Crippen LogP contribution in [0.5, 0.6) is 0 Å². The van der Waals surface area contributed by atoms with Gasteiger partial charge in [-0.3, -0.25) is 0 Å². The van der Waals surface area contributed by atoms with Crippen molar-refractivity contribution in [3.8, 4) is 0 Å². The van der Waals surface area contributed by atoms with Crippen LogP contribution in [0.25, 0.3) is 0 Å². The summed E-state index contributed by atoms with van der Waals surface area (Å²) in [5, 5.41) is 4.41. The fourth-order valence-electron chi connectivity index (χ4n) is 2.91. The lowest BCUT2D eigenvalue weighted by Gasteiger charge is -2.20. The van der Waals surface area contributed by atoms with Crippen LogP contribution in [0.15, 0.2) is 18.2 Å². The molecule has 1 fully saturated rings. The fourth-order valence-corrected chi connectivity index (χ4v) is 4.32. The van der Waals surface area contributed by atoms with E-state index < -0.39 is 0 Å². The van der Waals surface area contributed by atoms with Crippen LogP contribution in [-0.2, 0) is 6.42 Å². The summed E-state index contributed by atoms with van der Waals surface area (Å²) in [7, 11) is 0. The highest BCUT2D eigenvalue weighted by atomic mass is 32.2. The number of halogens is 1. The lowest BCUT2D eigenvalue weighted by atomic mass is 10.0. The summed E-state index contributed by atoms with van der Waals surface area (Å²) in [4.78, 5) is 0. The summed E-state index contributed by atoms with van der Waals surface area (Å²) in [6, 6.07) is 5.58. The first-order valence-corrected chi connectivity index (χ1v) is 8.84. The number of likely N-dealkylation sites (N-methyl/N-ethyl adjacent to an activating group) is 1. The van der Waals surface area contributed by atoms with Gasteiger partial charge >= 0.3 is 0 Å². The fraction of sp³-hybridized carbons (Fsp3) is 0.647. The van der Waals surface area contributed by atoms with Crippen LogP contribution in [0.3, 0.4) is 0 Å². The number of rotatable bonds is 7. The normalized spacial score (nSPS) is 17.6. The van der Waals surface area contributed by atoms with Crippen molar-refractivity contribution in [3.05, 3.63) is 35.1 Å². The molecule has 0 aromatic heterocycles. The summed E-state index contributed by atoms with van der Waals surface area (Å²) in [5.74, 6) is 1.01. The predicted octanol–water partition coefficient (Wildman–Crippen LogP) is 4.33. The molecule has 1 atom stereocenters. The number of nitrogens with one attached hydrogen (secondary N) is 1. The van der Waals surface area contributed by atoms with Crippen LogP contribution in [0.2, 0.25) is 0 Å². The van der Waals surface area contributed by atoms with E-state index in [1.54, 1.807) is 12.1 Å². The van der Waals surface area contributed by atoms with Crippen LogP contribution in [0.4, 0.5) is 4.39 Å². The van der Waals surface area contributed by atoms with Gasteiger partial charge in [0.1, 0.15) is 5.82 Å². The summed E-state index contributed by atoms with van der Waals surface area (Å²) in [5.41, 5.74) is 2.34. The molecule has 0 radical (unpaired) electrons. The van der Waals surface area contributed by atoms with Gasteiger partial charge < -0.3 is 5.32 Å². The maximum Gasteiger partial charge on any atom is 0.123 e. The molecule has 1 aromatic rings. The second-order valence-corrected chi connectivity index (χ2v) is 7.10. The van der Waals surface area contributed by atoms with Crippen molar-refractivity contribution < 1.29 is 4.39 Å². The SMILES string of the molecule is CCNC(CSC1CCCC1)Cc1cc(F)ccc1C. The van der Waals surface area contributed by atoms with E-state index in [-0.39, 0.29) is 5.82 Å². The third kappa shape index (κ3) is 4.78. The molecule has 1 N–H and O–H groups in total. The van der Waals surface area contributed by atoms with Gasteiger partial charge in [-0.25, -0.2) is 4.39 Å². The van der Waals surface area contributed by atoms with Gasteiger partial charge in [0.2, 0.25) is 0 Å². The highest BCUT2D eigenvalue weighted by Gasteiger charge is 2.18. The molecule has 0 bridgehead atoms. The largest absolute Gasteiger partial charge is 0.313 e. The van der Waals surface area contributed by atoms with Gasteiger partial charge in [0.15, 0.2) is 0 Å². The molecule has 0 amide bonds. The molecule has 0 spiro atoms. The predicted molar refractivity (Wildman–Crippen MR) is 87.0 cm³/mol. The molecule has 20 heavy (non-hydrogen) atoms. The second kappa shape index (κ2) is 8.04. The molecule has 3 heteroatoms. The van der Waals surface area contributed by atoms with Gasteiger partial charge in [-0.15, -0.1) is 0 Å². The topological polar surface area (TPSA) is 12.0 Å². The Balaban J connectivity index is 1.91. The monoisotopic (exact) mass is 295 g/mol. The van der Waals surface area contributed by atoms with E-state index in [9.17, 15) is 4.39 Å². The molecule has 2 rings (SSSR count). The van der Waals surface area contributed by atoms with Crippen molar-refractivity contribution in [2.75, 3.05) is 12.3 Å². The molecule has 0 saturated heterocycles. The minimum absolute atomic E-state index is 0.121. The third-order valence-electron chi connectivity index (χ3n) is 4.11. The van der Waals surface area contributed by atoms with Gasteiger partial charge in [0.25, 0.3) is 0 Å². The Morgan fingerprint density at radius 2 is 2.10 bits per heavy atom. The zero-order valence-corrected chi connectivity index (χ0v) is 13.4. The number of thioether (sulfide) groups is 1. The van der Waals surface area contributed by atoms with Gasteiger partial charge in [-0.1, -0.05) is 25.8 Å². The number of aryl methyl sites for hydroxylation is 1. The van der Waals surface area contributed by atoms with Gasteiger partial charge in [0.05, 0.1) is 0 Å². The zero-order valence-electron chi connectivity index (χ0n) is 12.6. The molecular weight excluding hydrogens is 269 g/mol. The molecule has 1 unspecified atom stereocenters. The van der Waals surface area contributed by atoms with Gasteiger partial charge in [0, 0.05) is 17.0 Å². The average molecular weight is 295 g/mol. The highest BCUT2D eigenvalue weighted by Crippen LogP contribution is 2.30. The molecule has 0 heterocycles. The van der Waals surface area contributed by atoms with Crippen LogP contribution in [-0.4, -0.2) is 23.6 Å². The average Bonchev–Trinajstić information content (AvgIpc) is 2.93. The zero-order chi connectivity index (χ0) is 14.4. The highest BCUT2D eigenvalue weighted by molar-refractivity contribution is 7.99. The van der Waals surface area contributed by atoms with Crippen molar-refractivity contribution in [1.82, 2.24) is 5.32 Å². The summed E-state index contributed by atoms with van der Waals surface area (Å²) >= 11 is 2.11. The quantitative estimate of drug-likeness (QED) is 0.803. The third-order valence-corrected chi connectivity index (χ3v) is 5.64. The van der Waals surface area contributed by atoms with E-state index in [0.717, 1.165) is 29.5 Å². The first kappa shape index (κ1) is 15.8. The van der Waals surface area contributed by atoms with E-state index in [2.05, 4.69) is 30.9 Å². The summed E-state index contributed by atoms with van der Waals surface area (Å²) < 4.78 is 13.4. The van der Waals surface area contributed by atoms with Gasteiger partial charge in [-0.2, -0.15) is 11.8 Å². The molecule has 1 aromatic carbocycles. The van der Waals surface area contributed by atoms with Crippen molar-refractivity contribution in [3.63, 3.8) is 0 Å². The number of hydrogen-bond acceptors (Lipinski definition) is 2.